The average molecular weight is 359 g/mol. The molecule has 2 aromatic carbocycles. The summed E-state index contributed by atoms with van der Waals surface area (Å²) in [6.45, 7) is 6.03. The van der Waals surface area contributed by atoms with E-state index in [4.69, 9.17) is 0 Å². The Morgan fingerprint density at radius 3 is 1.59 bits per heavy atom. The zero-order valence-electron chi connectivity index (χ0n) is 17.0. The van der Waals surface area contributed by atoms with Crippen LogP contribution in [0.3, 0.4) is 0 Å². The summed E-state index contributed by atoms with van der Waals surface area (Å²) in [5.74, 6) is 6.58. The van der Waals surface area contributed by atoms with E-state index in [9.17, 15) is 0 Å². The molecule has 0 heteroatoms. The summed E-state index contributed by atoms with van der Waals surface area (Å²) in [5.41, 5.74) is 5.02. The Morgan fingerprint density at radius 1 is 0.667 bits per heavy atom. The van der Waals surface area contributed by atoms with Gasteiger partial charge in [-0.25, -0.2) is 0 Å². The lowest BCUT2D eigenvalue weighted by atomic mass is 10.0. The largest absolute Gasteiger partial charge is 0.103 e. The Hall–Kier alpha value is -2.26. The number of hydrogen-bond donors (Lipinski definition) is 0. The van der Waals surface area contributed by atoms with Gasteiger partial charge in [-0.1, -0.05) is 74.8 Å². The summed E-state index contributed by atoms with van der Waals surface area (Å²) in [4.78, 5) is 0. The summed E-state index contributed by atoms with van der Waals surface area (Å²) in [6.07, 6.45) is 14.5. The highest BCUT2D eigenvalue weighted by atomic mass is 14.0. The monoisotopic (exact) mass is 358 g/mol. The predicted molar refractivity (Wildman–Crippen MR) is 119 cm³/mol. The highest BCUT2D eigenvalue weighted by Gasteiger charge is 1.96. The average Bonchev–Trinajstić information content (AvgIpc) is 2.71. The van der Waals surface area contributed by atoms with E-state index in [0.29, 0.717) is 0 Å². The van der Waals surface area contributed by atoms with Gasteiger partial charge in [0.25, 0.3) is 0 Å². The van der Waals surface area contributed by atoms with Crippen molar-refractivity contribution in [2.24, 2.45) is 0 Å². The number of unbranched alkanes of at least 4 members (excludes halogenated alkanes) is 6. The first-order chi connectivity index (χ1) is 13.3. The van der Waals surface area contributed by atoms with Gasteiger partial charge in [0.1, 0.15) is 0 Å². The third-order valence-electron chi connectivity index (χ3n) is 4.95. The molecule has 0 spiro atoms. The highest BCUT2D eigenvalue weighted by Crippen LogP contribution is 2.11. The molecule has 0 nitrogen and oxygen atoms in total. The fourth-order valence-electron chi connectivity index (χ4n) is 3.20. The lowest BCUT2D eigenvalue weighted by Crippen LogP contribution is -1.87. The molecular formula is C27H34. The van der Waals surface area contributed by atoms with Crippen molar-refractivity contribution in [1.82, 2.24) is 0 Å². The predicted octanol–water partition coefficient (Wildman–Crippen LogP) is 7.50. The Balaban J connectivity index is 1.79. The third-order valence-corrected chi connectivity index (χ3v) is 4.95. The lowest BCUT2D eigenvalue weighted by Gasteiger charge is -2.02. The molecule has 0 aromatic heterocycles. The third kappa shape index (κ3) is 8.78. The second-order valence-electron chi connectivity index (χ2n) is 7.34. The van der Waals surface area contributed by atoms with E-state index in [1.165, 1.54) is 62.5 Å². The minimum absolute atomic E-state index is 1.09. The fraction of sp³-hybridized carbons (Fsp3) is 0.407. The van der Waals surface area contributed by atoms with Crippen molar-refractivity contribution in [1.29, 1.82) is 0 Å². The maximum Gasteiger partial charge on any atom is 0.0249 e. The van der Waals surface area contributed by atoms with Gasteiger partial charge in [0.2, 0.25) is 0 Å². The second-order valence-corrected chi connectivity index (χ2v) is 7.34. The highest BCUT2D eigenvalue weighted by molar-refractivity contribution is 5.44. The van der Waals surface area contributed by atoms with E-state index in [0.717, 1.165) is 24.0 Å². The molecule has 0 bridgehead atoms. The van der Waals surface area contributed by atoms with E-state index in [2.05, 4.69) is 73.9 Å². The van der Waals surface area contributed by atoms with Crippen LogP contribution in [0.4, 0.5) is 0 Å². The maximum atomic E-state index is 3.77. The zero-order valence-corrected chi connectivity index (χ0v) is 17.0. The van der Waals surface area contributed by atoms with Gasteiger partial charge < -0.3 is 0 Å². The Morgan fingerprint density at radius 2 is 1.15 bits per heavy atom. The molecule has 0 atom stereocenters. The number of aryl methyl sites for hydroxylation is 2. The van der Waals surface area contributed by atoms with E-state index in [1.54, 1.807) is 0 Å². The van der Waals surface area contributed by atoms with Gasteiger partial charge in [0, 0.05) is 11.1 Å². The molecule has 0 amide bonds. The first-order valence-electron chi connectivity index (χ1n) is 10.6. The summed E-state index contributed by atoms with van der Waals surface area (Å²) in [6, 6.07) is 17.5. The van der Waals surface area contributed by atoms with E-state index < -0.39 is 0 Å². The molecule has 0 fully saturated rings. The molecule has 0 saturated heterocycles. The van der Waals surface area contributed by atoms with Gasteiger partial charge in [-0.05, 0) is 73.9 Å². The lowest BCUT2D eigenvalue weighted by molar-refractivity contribution is 0.667. The molecule has 0 aliphatic rings. The van der Waals surface area contributed by atoms with Crippen LogP contribution in [-0.2, 0) is 12.8 Å². The number of allylic oxidation sites excluding steroid dienone is 1. The number of benzene rings is 2. The molecule has 142 valence electrons. The van der Waals surface area contributed by atoms with Crippen molar-refractivity contribution in [3.8, 4) is 11.8 Å². The zero-order chi connectivity index (χ0) is 19.2. The summed E-state index contributed by atoms with van der Waals surface area (Å²) < 4.78 is 0. The Bertz CT molecular complexity index is 707. The van der Waals surface area contributed by atoms with Crippen LogP contribution in [0.5, 0.6) is 0 Å². The maximum absolute atomic E-state index is 3.77. The summed E-state index contributed by atoms with van der Waals surface area (Å²) in [5, 5.41) is 0. The van der Waals surface area contributed by atoms with Crippen molar-refractivity contribution < 1.29 is 0 Å². The molecule has 0 N–H and O–H groups in total. The standard InChI is InChI=1S/C27H34/c1-3-5-7-9-11-13-25-16-20-27(21-17-25)23-22-26-18-14-24(15-19-26)12-10-8-6-4-2/h3,14-21H,1,4-13H2,2H3. The van der Waals surface area contributed by atoms with Gasteiger partial charge in [-0.3, -0.25) is 0 Å². The van der Waals surface area contributed by atoms with Crippen LogP contribution >= 0.6 is 0 Å². The van der Waals surface area contributed by atoms with Gasteiger partial charge in [-0.2, -0.15) is 0 Å². The van der Waals surface area contributed by atoms with Crippen LogP contribution in [0.2, 0.25) is 0 Å². The Kier molecular flexibility index (Phi) is 10.1. The molecule has 2 aromatic rings. The molecule has 0 aliphatic heterocycles. The molecule has 0 heterocycles. The Labute approximate surface area is 166 Å². The van der Waals surface area contributed by atoms with Crippen LogP contribution in [-0.4, -0.2) is 0 Å². The quantitative estimate of drug-likeness (QED) is 0.222. The number of rotatable bonds is 11. The summed E-state index contributed by atoms with van der Waals surface area (Å²) >= 11 is 0. The molecule has 0 aliphatic carbocycles. The van der Waals surface area contributed by atoms with Crippen molar-refractivity contribution in [3.05, 3.63) is 83.4 Å². The van der Waals surface area contributed by atoms with Crippen molar-refractivity contribution in [2.75, 3.05) is 0 Å². The molecule has 0 radical (unpaired) electrons. The van der Waals surface area contributed by atoms with Gasteiger partial charge in [0.15, 0.2) is 0 Å². The van der Waals surface area contributed by atoms with E-state index >= 15 is 0 Å². The summed E-state index contributed by atoms with van der Waals surface area (Å²) in [7, 11) is 0. The van der Waals surface area contributed by atoms with E-state index in [-0.39, 0.29) is 0 Å². The second kappa shape index (κ2) is 13.0. The first kappa shape index (κ1) is 21.0. The molecular weight excluding hydrogens is 324 g/mol. The van der Waals surface area contributed by atoms with Crippen LogP contribution in [0, 0.1) is 11.8 Å². The van der Waals surface area contributed by atoms with Gasteiger partial charge in [-0.15, -0.1) is 6.58 Å². The van der Waals surface area contributed by atoms with Crippen molar-refractivity contribution in [2.45, 2.75) is 71.1 Å². The molecule has 2 rings (SSSR count). The first-order valence-corrected chi connectivity index (χ1v) is 10.6. The van der Waals surface area contributed by atoms with Crippen LogP contribution < -0.4 is 0 Å². The molecule has 0 unspecified atom stereocenters. The van der Waals surface area contributed by atoms with Crippen LogP contribution in [0.1, 0.15) is 80.5 Å². The minimum atomic E-state index is 1.09. The van der Waals surface area contributed by atoms with Gasteiger partial charge >= 0.3 is 0 Å². The van der Waals surface area contributed by atoms with E-state index in [1.807, 2.05) is 6.08 Å². The van der Waals surface area contributed by atoms with Crippen molar-refractivity contribution in [3.63, 3.8) is 0 Å². The fourth-order valence-corrected chi connectivity index (χ4v) is 3.20. The SMILES string of the molecule is C=CCCCCCc1ccc(C#Cc2ccc(CCCCCC)cc2)cc1. The van der Waals surface area contributed by atoms with Crippen LogP contribution in [0.25, 0.3) is 0 Å². The van der Waals surface area contributed by atoms with Crippen molar-refractivity contribution >= 4 is 0 Å². The van der Waals surface area contributed by atoms with Crippen LogP contribution in [0.15, 0.2) is 61.2 Å². The number of hydrogen-bond acceptors (Lipinski definition) is 0. The molecule has 27 heavy (non-hydrogen) atoms. The van der Waals surface area contributed by atoms with Gasteiger partial charge in [0.05, 0.1) is 0 Å². The normalized spacial score (nSPS) is 10.3. The molecule has 0 saturated carbocycles. The minimum Gasteiger partial charge on any atom is -0.103 e. The smallest absolute Gasteiger partial charge is 0.0249 e. The topological polar surface area (TPSA) is 0 Å².